The summed E-state index contributed by atoms with van der Waals surface area (Å²) in [4.78, 5) is 13.5. The SMILES string of the molecule is COc1ccc(CCC(=O)Nc2sc3c(c2C#N)CCCC3)cc1. The third-order valence-electron chi connectivity index (χ3n) is 4.34. The number of ether oxygens (including phenoxy) is 1. The Morgan fingerprint density at radius 1 is 1.29 bits per heavy atom. The molecule has 0 spiro atoms. The van der Waals surface area contributed by atoms with Crippen LogP contribution in [0.3, 0.4) is 0 Å². The number of fused-ring (bicyclic) bond motifs is 1. The molecule has 1 aliphatic rings. The van der Waals surface area contributed by atoms with Gasteiger partial charge in [-0.3, -0.25) is 4.79 Å². The largest absolute Gasteiger partial charge is 0.497 e. The van der Waals surface area contributed by atoms with Gasteiger partial charge in [0.1, 0.15) is 16.8 Å². The van der Waals surface area contributed by atoms with Crippen molar-refractivity contribution in [2.24, 2.45) is 0 Å². The summed E-state index contributed by atoms with van der Waals surface area (Å²) < 4.78 is 5.13. The summed E-state index contributed by atoms with van der Waals surface area (Å²) >= 11 is 1.57. The molecule has 0 aliphatic heterocycles. The van der Waals surface area contributed by atoms with Crippen molar-refractivity contribution in [3.05, 3.63) is 45.8 Å². The first-order valence-corrected chi connectivity index (χ1v) is 9.00. The topological polar surface area (TPSA) is 62.1 Å². The first-order chi connectivity index (χ1) is 11.7. The van der Waals surface area contributed by atoms with Crippen molar-refractivity contribution in [3.63, 3.8) is 0 Å². The molecule has 1 aliphatic carbocycles. The van der Waals surface area contributed by atoms with E-state index in [2.05, 4.69) is 11.4 Å². The highest BCUT2D eigenvalue weighted by Crippen LogP contribution is 2.37. The van der Waals surface area contributed by atoms with Crippen LogP contribution in [0.15, 0.2) is 24.3 Å². The van der Waals surface area contributed by atoms with E-state index < -0.39 is 0 Å². The maximum absolute atomic E-state index is 12.3. The van der Waals surface area contributed by atoms with Crippen molar-refractivity contribution in [3.8, 4) is 11.8 Å². The lowest BCUT2D eigenvalue weighted by Gasteiger charge is -2.09. The van der Waals surface area contributed by atoms with E-state index in [4.69, 9.17) is 4.74 Å². The molecule has 1 N–H and O–H groups in total. The van der Waals surface area contributed by atoms with Crippen LogP contribution < -0.4 is 10.1 Å². The minimum atomic E-state index is -0.0408. The number of carbonyl (C=O) groups excluding carboxylic acids is 1. The van der Waals surface area contributed by atoms with Crippen LogP contribution in [-0.4, -0.2) is 13.0 Å². The maximum atomic E-state index is 12.3. The number of nitrogens with zero attached hydrogens (tertiary/aromatic N) is 1. The van der Waals surface area contributed by atoms with Gasteiger partial charge in [-0.2, -0.15) is 5.26 Å². The van der Waals surface area contributed by atoms with E-state index in [1.54, 1.807) is 18.4 Å². The molecule has 1 aromatic carbocycles. The van der Waals surface area contributed by atoms with E-state index in [-0.39, 0.29) is 5.91 Å². The van der Waals surface area contributed by atoms with Gasteiger partial charge in [0, 0.05) is 11.3 Å². The molecule has 0 saturated heterocycles. The average Bonchev–Trinajstić information content (AvgIpc) is 2.97. The molecule has 0 atom stereocenters. The second-order valence-electron chi connectivity index (χ2n) is 5.92. The van der Waals surface area contributed by atoms with E-state index in [1.807, 2.05) is 24.3 Å². The van der Waals surface area contributed by atoms with Crippen molar-refractivity contribution >= 4 is 22.2 Å². The highest BCUT2D eigenvalue weighted by molar-refractivity contribution is 7.16. The molecule has 24 heavy (non-hydrogen) atoms. The number of anilines is 1. The number of nitrogens with one attached hydrogen (secondary N) is 1. The number of hydrogen-bond donors (Lipinski definition) is 1. The maximum Gasteiger partial charge on any atom is 0.225 e. The van der Waals surface area contributed by atoms with Crippen LogP contribution in [0.2, 0.25) is 0 Å². The summed E-state index contributed by atoms with van der Waals surface area (Å²) in [5.41, 5.74) is 2.92. The molecule has 0 fully saturated rings. The minimum absolute atomic E-state index is 0.0408. The van der Waals surface area contributed by atoms with Crippen LogP contribution in [0.5, 0.6) is 5.75 Å². The van der Waals surface area contributed by atoms with Crippen LogP contribution in [0.25, 0.3) is 0 Å². The number of amides is 1. The second-order valence-corrected chi connectivity index (χ2v) is 7.03. The number of benzene rings is 1. The number of methoxy groups -OCH3 is 1. The Bertz CT molecular complexity index is 772. The number of hydrogen-bond acceptors (Lipinski definition) is 4. The first-order valence-electron chi connectivity index (χ1n) is 8.18. The Kier molecular flexibility index (Phi) is 5.17. The van der Waals surface area contributed by atoms with Crippen molar-refractivity contribution in [1.82, 2.24) is 0 Å². The van der Waals surface area contributed by atoms with E-state index in [1.165, 1.54) is 11.3 Å². The van der Waals surface area contributed by atoms with Gasteiger partial charge in [0.05, 0.1) is 12.7 Å². The summed E-state index contributed by atoms with van der Waals surface area (Å²) in [6, 6.07) is 10.0. The Balaban J connectivity index is 1.62. The molecule has 1 heterocycles. The quantitative estimate of drug-likeness (QED) is 0.892. The van der Waals surface area contributed by atoms with Crippen molar-refractivity contribution < 1.29 is 9.53 Å². The van der Waals surface area contributed by atoms with E-state index in [0.717, 1.165) is 41.1 Å². The monoisotopic (exact) mass is 340 g/mol. The van der Waals surface area contributed by atoms with Gasteiger partial charge >= 0.3 is 0 Å². The summed E-state index contributed by atoms with van der Waals surface area (Å²) in [6.07, 6.45) is 5.35. The van der Waals surface area contributed by atoms with Gasteiger partial charge < -0.3 is 10.1 Å². The Labute approximate surface area is 146 Å². The molecule has 4 nitrogen and oxygen atoms in total. The fourth-order valence-corrected chi connectivity index (χ4v) is 4.27. The van der Waals surface area contributed by atoms with Crippen LogP contribution in [0.4, 0.5) is 5.00 Å². The molecule has 1 aromatic heterocycles. The molecular weight excluding hydrogens is 320 g/mol. The van der Waals surface area contributed by atoms with Gasteiger partial charge in [0.2, 0.25) is 5.91 Å². The summed E-state index contributed by atoms with van der Waals surface area (Å²) in [7, 11) is 1.63. The number of thiophene rings is 1. The standard InChI is InChI=1S/C19H20N2O2S/c1-23-14-9-6-13(7-10-14)8-11-18(22)21-19-16(12-20)15-4-2-3-5-17(15)24-19/h6-7,9-10H,2-5,8,11H2,1H3,(H,21,22). The van der Waals surface area contributed by atoms with Crippen molar-refractivity contribution in [1.29, 1.82) is 5.26 Å². The van der Waals surface area contributed by atoms with Crippen LogP contribution in [0.1, 0.15) is 40.8 Å². The number of nitriles is 1. The van der Waals surface area contributed by atoms with E-state index in [9.17, 15) is 10.1 Å². The summed E-state index contributed by atoms with van der Waals surface area (Å²) in [6.45, 7) is 0. The van der Waals surface area contributed by atoms with Gasteiger partial charge in [-0.05, 0) is 55.4 Å². The highest BCUT2D eigenvalue weighted by atomic mass is 32.1. The third-order valence-corrected chi connectivity index (χ3v) is 5.54. The number of aryl methyl sites for hydroxylation is 2. The molecule has 0 unspecified atom stereocenters. The zero-order valence-electron chi connectivity index (χ0n) is 13.7. The molecule has 1 amide bonds. The predicted molar refractivity (Wildman–Crippen MR) is 95.6 cm³/mol. The fraction of sp³-hybridized carbons (Fsp3) is 0.368. The molecule has 5 heteroatoms. The van der Waals surface area contributed by atoms with Gasteiger partial charge in [0.15, 0.2) is 0 Å². The van der Waals surface area contributed by atoms with Crippen LogP contribution in [-0.2, 0) is 24.1 Å². The molecule has 124 valence electrons. The number of carbonyl (C=O) groups is 1. The first kappa shape index (κ1) is 16.5. The fourth-order valence-electron chi connectivity index (χ4n) is 3.01. The normalized spacial score (nSPS) is 13.0. The lowest BCUT2D eigenvalue weighted by atomic mass is 9.96. The van der Waals surface area contributed by atoms with Crippen LogP contribution >= 0.6 is 11.3 Å². The van der Waals surface area contributed by atoms with Gasteiger partial charge in [0.25, 0.3) is 0 Å². The highest BCUT2D eigenvalue weighted by Gasteiger charge is 2.21. The smallest absolute Gasteiger partial charge is 0.225 e. The second kappa shape index (κ2) is 7.50. The lowest BCUT2D eigenvalue weighted by molar-refractivity contribution is -0.116. The van der Waals surface area contributed by atoms with Crippen molar-refractivity contribution in [2.75, 3.05) is 12.4 Å². The number of rotatable bonds is 5. The van der Waals surface area contributed by atoms with Crippen LogP contribution in [0, 0.1) is 11.3 Å². The average molecular weight is 340 g/mol. The Hall–Kier alpha value is -2.32. The Morgan fingerprint density at radius 2 is 2.04 bits per heavy atom. The molecule has 0 bridgehead atoms. The zero-order chi connectivity index (χ0) is 16.9. The van der Waals surface area contributed by atoms with Crippen molar-refractivity contribution in [2.45, 2.75) is 38.5 Å². The third kappa shape index (κ3) is 3.60. The van der Waals surface area contributed by atoms with E-state index in [0.29, 0.717) is 18.4 Å². The molecule has 3 rings (SSSR count). The van der Waals surface area contributed by atoms with E-state index >= 15 is 0 Å². The summed E-state index contributed by atoms with van der Waals surface area (Å²) in [5.74, 6) is 0.770. The molecule has 0 radical (unpaired) electrons. The Morgan fingerprint density at radius 3 is 2.75 bits per heavy atom. The lowest BCUT2D eigenvalue weighted by Crippen LogP contribution is -2.12. The predicted octanol–water partition coefficient (Wildman–Crippen LogP) is 4.08. The van der Waals surface area contributed by atoms with Gasteiger partial charge in [-0.25, -0.2) is 0 Å². The van der Waals surface area contributed by atoms with Gasteiger partial charge in [-0.15, -0.1) is 11.3 Å². The summed E-state index contributed by atoms with van der Waals surface area (Å²) in [5, 5.41) is 13.1. The molecule has 2 aromatic rings. The zero-order valence-corrected chi connectivity index (χ0v) is 14.5. The van der Waals surface area contributed by atoms with Gasteiger partial charge in [-0.1, -0.05) is 12.1 Å². The minimum Gasteiger partial charge on any atom is -0.497 e. The molecule has 0 saturated carbocycles. The molecular formula is C19H20N2O2S.